The molecule has 4 heteroatoms. The van der Waals surface area contributed by atoms with E-state index in [0.717, 1.165) is 6.54 Å². The Morgan fingerprint density at radius 1 is 1.31 bits per heavy atom. The fraction of sp³-hybridized carbons (Fsp3) is 0.444. The summed E-state index contributed by atoms with van der Waals surface area (Å²) in [6.07, 6.45) is 10.1. The maximum atomic E-state index is 5.07. The molecule has 0 aliphatic heterocycles. The molecular formula is C9H14IN3. The van der Waals surface area contributed by atoms with Gasteiger partial charge in [0.05, 0.1) is 6.54 Å². The lowest BCUT2D eigenvalue weighted by Crippen LogP contribution is -2.37. The van der Waals surface area contributed by atoms with Gasteiger partial charge in [0.2, 0.25) is 0 Å². The summed E-state index contributed by atoms with van der Waals surface area (Å²) in [7, 11) is 0. The van der Waals surface area contributed by atoms with Gasteiger partial charge in [-0.15, -0.1) is 36.8 Å². The minimum Gasteiger partial charge on any atom is -0.357 e. The zero-order valence-electron chi connectivity index (χ0n) is 7.63. The molecule has 0 spiro atoms. The number of nitrogens with zero attached hydrogens (tertiary/aromatic N) is 1. The van der Waals surface area contributed by atoms with Crippen LogP contribution in [0.2, 0.25) is 0 Å². The van der Waals surface area contributed by atoms with Gasteiger partial charge in [-0.1, -0.05) is 11.8 Å². The van der Waals surface area contributed by atoms with Crippen molar-refractivity contribution in [1.29, 1.82) is 0 Å². The van der Waals surface area contributed by atoms with E-state index in [4.69, 9.17) is 12.8 Å². The van der Waals surface area contributed by atoms with Crippen molar-refractivity contribution < 1.29 is 0 Å². The summed E-state index contributed by atoms with van der Waals surface area (Å²) in [5.74, 6) is 5.52. The summed E-state index contributed by atoms with van der Waals surface area (Å²) in [6, 6.07) is 0. The average Bonchev–Trinajstić information content (AvgIpc) is 2.10. The Balaban J connectivity index is 0. The molecule has 2 N–H and O–H groups in total. The lowest BCUT2D eigenvalue weighted by atomic mass is 10.6. The Morgan fingerprint density at radius 2 is 2.00 bits per heavy atom. The summed E-state index contributed by atoms with van der Waals surface area (Å²) in [6.45, 7) is 3.58. The van der Waals surface area contributed by atoms with Gasteiger partial charge < -0.3 is 10.6 Å². The van der Waals surface area contributed by atoms with Crippen LogP contribution in [0.4, 0.5) is 0 Å². The standard InChI is InChI=1S/C9H13N3.HI/c1-4-7-11-9(10-6-3)12-8-5-2;/h1-2H,6-8H2,3H3,(H2,10,11,12);1H. The number of guanidine groups is 1. The zero-order chi connectivity index (χ0) is 9.23. The Morgan fingerprint density at radius 3 is 2.46 bits per heavy atom. The first-order valence-corrected chi connectivity index (χ1v) is 3.74. The summed E-state index contributed by atoms with van der Waals surface area (Å²) >= 11 is 0. The SMILES string of the molecule is C#CCN=C(NCC)NCC#C.I. The molecule has 0 aromatic heterocycles. The first-order valence-electron chi connectivity index (χ1n) is 3.74. The van der Waals surface area contributed by atoms with Crippen molar-refractivity contribution in [2.75, 3.05) is 19.6 Å². The Kier molecular flexibility index (Phi) is 12.5. The predicted octanol–water partition coefficient (Wildman–Crippen LogP) is 0.426. The second-order valence-corrected chi connectivity index (χ2v) is 1.96. The summed E-state index contributed by atoms with van der Waals surface area (Å²) in [5.41, 5.74) is 0. The maximum absolute atomic E-state index is 5.07. The van der Waals surface area contributed by atoms with Crippen LogP contribution in [0, 0.1) is 24.7 Å². The van der Waals surface area contributed by atoms with E-state index < -0.39 is 0 Å². The number of rotatable bonds is 3. The smallest absolute Gasteiger partial charge is 0.192 e. The lowest BCUT2D eigenvalue weighted by molar-refractivity contribution is 0.880. The molecule has 0 atom stereocenters. The molecule has 0 saturated heterocycles. The number of terminal acetylenes is 2. The van der Waals surface area contributed by atoms with Crippen LogP contribution in [-0.4, -0.2) is 25.6 Å². The topological polar surface area (TPSA) is 36.4 Å². The van der Waals surface area contributed by atoms with Gasteiger partial charge in [0.25, 0.3) is 0 Å². The third kappa shape index (κ3) is 9.03. The number of halogens is 1. The van der Waals surface area contributed by atoms with Crippen molar-refractivity contribution in [1.82, 2.24) is 10.6 Å². The van der Waals surface area contributed by atoms with Gasteiger partial charge in [-0.3, -0.25) is 0 Å². The molecule has 0 amide bonds. The fourth-order valence-electron chi connectivity index (χ4n) is 0.601. The number of nitrogens with one attached hydrogen (secondary N) is 2. The summed E-state index contributed by atoms with van der Waals surface area (Å²) in [4.78, 5) is 4.03. The predicted molar refractivity (Wildman–Crippen MR) is 67.1 cm³/mol. The number of hydrogen-bond donors (Lipinski definition) is 2. The molecule has 3 nitrogen and oxygen atoms in total. The van der Waals surface area contributed by atoms with Crippen LogP contribution in [0.5, 0.6) is 0 Å². The van der Waals surface area contributed by atoms with E-state index in [1.54, 1.807) is 0 Å². The minimum atomic E-state index is 0. The molecule has 13 heavy (non-hydrogen) atoms. The normalized spacial score (nSPS) is 9.00. The molecule has 0 aliphatic carbocycles. The molecule has 0 heterocycles. The highest BCUT2D eigenvalue weighted by molar-refractivity contribution is 14.0. The molecule has 0 rings (SSSR count). The van der Waals surface area contributed by atoms with Gasteiger partial charge in [0.1, 0.15) is 6.54 Å². The molecular weight excluding hydrogens is 277 g/mol. The quantitative estimate of drug-likeness (QED) is 0.342. The largest absolute Gasteiger partial charge is 0.357 e. The molecule has 0 saturated carbocycles. The van der Waals surface area contributed by atoms with Gasteiger partial charge in [0.15, 0.2) is 5.96 Å². The summed E-state index contributed by atoms with van der Waals surface area (Å²) < 4.78 is 0. The molecule has 0 aliphatic rings. The minimum absolute atomic E-state index is 0. The lowest BCUT2D eigenvalue weighted by Gasteiger charge is -2.06. The van der Waals surface area contributed by atoms with Crippen LogP contribution in [-0.2, 0) is 0 Å². The zero-order valence-corrected chi connectivity index (χ0v) is 9.96. The van der Waals surface area contributed by atoms with Gasteiger partial charge in [0, 0.05) is 6.54 Å². The van der Waals surface area contributed by atoms with Gasteiger partial charge in [-0.05, 0) is 6.92 Å². The van der Waals surface area contributed by atoms with Crippen molar-refractivity contribution in [3.8, 4) is 24.7 Å². The highest BCUT2D eigenvalue weighted by Crippen LogP contribution is 1.70. The van der Waals surface area contributed by atoms with Crippen LogP contribution >= 0.6 is 24.0 Å². The molecule has 0 aromatic carbocycles. The van der Waals surface area contributed by atoms with Crippen LogP contribution in [0.1, 0.15) is 6.92 Å². The molecule has 0 radical (unpaired) electrons. The molecule has 72 valence electrons. The van der Waals surface area contributed by atoms with Gasteiger partial charge in [-0.2, -0.15) is 0 Å². The van der Waals surface area contributed by atoms with E-state index in [0.29, 0.717) is 19.0 Å². The van der Waals surface area contributed by atoms with E-state index in [-0.39, 0.29) is 24.0 Å². The highest BCUT2D eigenvalue weighted by Gasteiger charge is 1.91. The molecule has 0 aromatic rings. The fourth-order valence-corrected chi connectivity index (χ4v) is 0.601. The number of aliphatic imine (C=N–C) groups is 1. The van der Waals surface area contributed by atoms with Gasteiger partial charge in [-0.25, -0.2) is 4.99 Å². The van der Waals surface area contributed by atoms with Crippen LogP contribution in [0.25, 0.3) is 0 Å². The first-order chi connectivity index (χ1) is 5.85. The first kappa shape index (κ1) is 14.6. The Labute approximate surface area is 96.8 Å². The monoisotopic (exact) mass is 291 g/mol. The second kappa shape index (κ2) is 11.1. The third-order valence-electron chi connectivity index (χ3n) is 1.03. The van der Waals surface area contributed by atoms with E-state index in [9.17, 15) is 0 Å². The van der Waals surface area contributed by atoms with Gasteiger partial charge >= 0.3 is 0 Å². The van der Waals surface area contributed by atoms with Crippen molar-refractivity contribution >= 4 is 29.9 Å². The van der Waals surface area contributed by atoms with E-state index in [1.807, 2.05) is 6.92 Å². The van der Waals surface area contributed by atoms with Crippen molar-refractivity contribution in [2.24, 2.45) is 4.99 Å². The van der Waals surface area contributed by atoms with E-state index >= 15 is 0 Å². The molecule has 0 fully saturated rings. The van der Waals surface area contributed by atoms with Crippen molar-refractivity contribution in [2.45, 2.75) is 6.92 Å². The second-order valence-electron chi connectivity index (χ2n) is 1.96. The molecule has 0 bridgehead atoms. The Bertz CT molecular complexity index is 222. The Hall–Kier alpha value is -0.880. The average molecular weight is 291 g/mol. The van der Waals surface area contributed by atoms with E-state index in [1.165, 1.54) is 0 Å². The van der Waals surface area contributed by atoms with E-state index in [2.05, 4.69) is 27.5 Å². The highest BCUT2D eigenvalue weighted by atomic mass is 127. The van der Waals surface area contributed by atoms with Crippen LogP contribution in [0.15, 0.2) is 4.99 Å². The van der Waals surface area contributed by atoms with Crippen LogP contribution in [0.3, 0.4) is 0 Å². The molecule has 0 unspecified atom stereocenters. The van der Waals surface area contributed by atoms with Crippen molar-refractivity contribution in [3.63, 3.8) is 0 Å². The van der Waals surface area contributed by atoms with Crippen LogP contribution < -0.4 is 10.6 Å². The van der Waals surface area contributed by atoms with Crippen molar-refractivity contribution in [3.05, 3.63) is 0 Å². The maximum Gasteiger partial charge on any atom is 0.192 e. The third-order valence-corrected chi connectivity index (χ3v) is 1.03. The number of hydrogen-bond acceptors (Lipinski definition) is 1. The summed E-state index contributed by atoms with van der Waals surface area (Å²) in [5, 5.41) is 5.91.